The molecule has 0 fully saturated rings. The molecular weight excluding hydrogens is 237 g/mol. The van der Waals surface area contributed by atoms with Crippen LogP contribution >= 0.6 is 7.26 Å². The maximum Gasteiger partial charge on any atom is 0.104 e. The number of benzene rings is 2. The van der Waals surface area contributed by atoms with Crippen LogP contribution in [-0.2, 0) is 0 Å². The van der Waals surface area contributed by atoms with Gasteiger partial charge in [-0.25, -0.2) is 0 Å². The predicted molar refractivity (Wildman–Crippen MR) is 82.9 cm³/mol. The monoisotopic (exact) mass is 256 g/mol. The van der Waals surface area contributed by atoms with Crippen LogP contribution < -0.4 is 16.3 Å². The molecule has 0 radical (unpaired) electrons. The molecule has 0 bridgehead atoms. The number of hydrogen-bond donors (Lipinski definition) is 1. The first-order valence-corrected chi connectivity index (χ1v) is 8.36. The highest BCUT2D eigenvalue weighted by Gasteiger charge is 2.35. The predicted octanol–water partition coefficient (Wildman–Crippen LogP) is 3.10. The van der Waals surface area contributed by atoms with Crippen molar-refractivity contribution in [2.45, 2.75) is 6.92 Å². The van der Waals surface area contributed by atoms with Crippen molar-refractivity contribution in [2.24, 2.45) is 5.73 Å². The third-order valence-corrected chi connectivity index (χ3v) is 6.71. The molecule has 0 saturated heterocycles. The summed E-state index contributed by atoms with van der Waals surface area (Å²) in [5.74, 6) is 2.23. The van der Waals surface area contributed by atoms with Crippen molar-refractivity contribution in [1.29, 1.82) is 0 Å². The second-order valence-corrected chi connectivity index (χ2v) is 8.06. The fourth-order valence-electron chi connectivity index (χ4n) is 2.18. The third-order valence-electron chi connectivity index (χ3n) is 3.05. The zero-order chi connectivity index (χ0) is 13.0. The van der Waals surface area contributed by atoms with E-state index in [0.29, 0.717) is 0 Å². The largest absolute Gasteiger partial charge is 0.400 e. The van der Waals surface area contributed by atoms with Gasteiger partial charge in [-0.3, -0.25) is 0 Å². The fraction of sp³-hybridized carbons (Fsp3) is 0.125. The van der Waals surface area contributed by atoms with Gasteiger partial charge in [0.15, 0.2) is 0 Å². The van der Waals surface area contributed by atoms with Crippen molar-refractivity contribution in [3.63, 3.8) is 0 Å². The molecule has 92 valence electrons. The average Bonchev–Trinajstić information content (AvgIpc) is 2.40. The minimum Gasteiger partial charge on any atom is -0.400 e. The third kappa shape index (κ3) is 2.63. The molecule has 0 aromatic heterocycles. The van der Waals surface area contributed by atoms with E-state index in [2.05, 4.69) is 73.1 Å². The van der Waals surface area contributed by atoms with Gasteiger partial charge < -0.3 is 5.73 Å². The van der Waals surface area contributed by atoms with E-state index in [9.17, 15) is 0 Å². The van der Waals surface area contributed by atoms with Gasteiger partial charge in [-0.2, -0.15) is 0 Å². The Morgan fingerprint density at radius 2 is 1.28 bits per heavy atom. The number of rotatable bonds is 3. The summed E-state index contributed by atoms with van der Waals surface area (Å²) in [4.78, 5) is 0. The Kier molecular flexibility index (Phi) is 3.84. The summed E-state index contributed by atoms with van der Waals surface area (Å²) >= 11 is 0. The number of allylic oxidation sites excluding steroid dienone is 1. The van der Waals surface area contributed by atoms with Crippen LogP contribution in [0.4, 0.5) is 0 Å². The van der Waals surface area contributed by atoms with Crippen LogP contribution in [0, 0.1) is 0 Å². The zero-order valence-corrected chi connectivity index (χ0v) is 11.8. The molecule has 18 heavy (non-hydrogen) atoms. The normalized spacial score (nSPS) is 12.4. The van der Waals surface area contributed by atoms with Crippen LogP contribution in [0.15, 0.2) is 72.2 Å². The molecular formula is C16H19NP+. The zero-order valence-electron chi connectivity index (χ0n) is 10.9. The summed E-state index contributed by atoms with van der Waals surface area (Å²) in [5, 5.41) is 2.72. The van der Waals surface area contributed by atoms with Crippen molar-refractivity contribution < 1.29 is 0 Å². The first-order chi connectivity index (χ1) is 8.63. The van der Waals surface area contributed by atoms with Crippen molar-refractivity contribution >= 4 is 17.9 Å². The minimum absolute atomic E-state index is 0.888. The fourth-order valence-corrected chi connectivity index (χ4v) is 5.17. The van der Waals surface area contributed by atoms with E-state index in [1.54, 1.807) is 0 Å². The maximum atomic E-state index is 5.94. The van der Waals surface area contributed by atoms with E-state index in [0.717, 1.165) is 5.70 Å². The Labute approximate surface area is 110 Å². The van der Waals surface area contributed by atoms with Gasteiger partial charge in [0.05, 0.1) is 12.5 Å². The molecule has 0 aliphatic carbocycles. The average molecular weight is 256 g/mol. The first kappa shape index (κ1) is 12.9. The van der Waals surface area contributed by atoms with Crippen molar-refractivity contribution in [2.75, 3.05) is 6.66 Å². The van der Waals surface area contributed by atoms with Gasteiger partial charge in [-0.15, -0.1) is 0 Å². The standard InChI is InChI=1S/C16H19NP/c1-14(17)13-18(2,15-9-5-3-6-10-15)16-11-7-4-8-12-16/h3-13H,17H2,1-2H3/q+1/b14-13+. The summed E-state index contributed by atoms with van der Waals surface area (Å²) < 4.78 is 0. The lowest BCUT2D eigenvalue weighted by Crippen LogP contribution is -2.20. The van der Waals surface area contributed by atoms with E-state index in [1.807, 2.05) is 6.92 Å². The first-order valence-electron chi connectivity index (χ1n) is 6.05. The molecule has 0 atom stereocenters. The smallest absolute Gasteiger partial charge is 0.104 e. The summed E-state index contributed by atoms with van der Waals surface area (Å²) in [7, 11) is -1.52. The molecule has 2 rings (SSSR count). The molecule has 0 heterocycles. The molecule has 2 aromatic carbocycles. The quantitative estimate of drug-likeness (QED) is 0.839. The van der Waals surface area contributed by atoms with Crippen LogP contribution in [0.5, 0.6) is 0 Å². The lowest BCUT2D eigenvalue weighted by atomic mass is 10.4. The molecule has 0 aliphatic rings. The van der Waals surface area contributed by atoms with Gasteiger partial charge in [0, 0.05) is 5.70 Å². The molecule has 0 saturated carbocycles. The summed E-state index contributed by atoms with van der Waals surface area (Å²) in [6, 6.07) is 21.3. The van der Waals surface area contributed by atoms with Crippen molar-refractivity contribution in [3.8, 4) is 0 Å². The maximum absolute atomic E-state index is 5.94. The summed E-state index contributed by atoms with van der Waals surface area (Å²) in [6.45, 7) is 4.28. The van der Waals surface area contributed by atoms with Crippen LogP contribution in [0.1, 0.15) is 6.92 Å². The van der Waals surface area contributed by atoms with Crippen LogP contribution in [0.25, 0.3) is 0 Å². The van der Waals surface area contributed by atoms with E-state index in [-0.39, 0.29) is 0 Å². The van der Waals surface area contributed by atoms with Crippen LogP contribution in [0.2, 0.25) is 0 Å². The molecule has 0 spiro atoms. The minimum atomic E-state index is -1.52. The SMILES string of the molecule is C/C(N)=C\[P+](C)(c1ccccc1)c1ccccc1. The van der Waals surface area contributed by atoms with Crippen LogP contribution in [0.3, 0.4) is 0 Å². The molecule has 1 nitrogen and oxygen atoms in total. The summed E-state index contributed by atoms with van der Waals surface area (Å²) in [6.07, 6.45) is 0. The Bertz CT molecular complexity index is 488. The second kappa shape index (κ2) is 5.37. The topological polar surface area (TPSA) is 26.0 Å². The molecule has 0 aliphatic heterocycles. The van der Waals surface area contributed by atoms with Crippen molar-refractivity contribution in [1.82, 2.24) is 0 Å². The molecule has 2 N–H and O–H groups in total. The van der Waals surface area contributed by atoms with E-state index < -0.39 is 7.26 Å². The lowest BCUT2D eigenvalue weighted by Gasteiger charge is -2.19. The second-order valence-electron chi connectivity index (χ2n) is 4.62. The van der Waals surface area contributed by atoms with E-state index in [1.165, 1.54) is 10.6 Å². The Morgan fingerprint density at radius 3 is 1.61 bits per heavy atom. The lowest BCUT2D eigenvalue weighted by molar-refractivity contribution is 1.33. The van der Waals surface area contributed by atoms with Crippen molar-refractivity contribution in [3.05, 3.63) is 72.2 Å². The van der Waals surface area contributed by atoms with Gasteiger partial charge in [0.25, 0.3) is 0 Å². The van der Waals surface area contributed by atoms with Gasteiger partial charge in [0.1, 0.15) is 17.9 Å². The van der Waals surface area contributed by atoms with Gasteiger partial charge in [0.2, 0.25) is 0 Å². The Hall–Kier alpha value is -1.59. The highest BCUT2D eigenvalue weighted by atomic mass is 31.2. The molecule has 0 amide bonds. The number of nitrogens with two attached hydrogens (primary N) is 1. The van der Waals surface area contributed by atoms with Gasteiger partial charge in [-0.05, 0) is 31.2 Å². The highest BCUT2D eigenvalue weighted by Crippen LogP contribution is 2.54. The molecule has 2 aromatic rings. The highest BCUT2D eigenvalue weighted by molar-refractivity contribution is 7.91. The van der Waals surface area contributed by atoms with E-state index >= 15 is 0 Å². The Morgan fingerprint density at radius 1 is 0.889 bits per heavy atom. The van der Waals surface area contributed by atoms with Gasteiger partial charge in [-0.1, -0.05) is 36.4 Å². The van der Waals surface area contributed by atoms with E-state index in [4.69, 9.17) is 5.73 Å². The Balaban J connectivity index is 2.59. The number of hydrogen-bond acceptors (Lipinski definition) is 1. The van der Waals surface area contributed by atoms with Crippen LogP contribution in [-0.4, -0.2) is 6.66 Å². The molecule has 2 heteroatoms. The molecule has 0 unspecified atom stereocenters. The van der Waals surface area contributed by atoms with Gasteiger partial charge >= 0.3 is 0 Å². The summed E-state index contributed by atoms with van der Waals surface area (Å²) in [5.41, 5.74) is 6.83.